The first-order chi connectivity index (χ1) is 20.8. The summed E-state index contributed by atoms with van der Waals surface area (Å²) in [6, 6.07) is 6.11. The van der Waals surface area contributed by atoms with Crippen LogP contribution in [-0.4, -0.2) is 58.9 Å². The number of ether oxygens (including phenoxy) is 4. The minimum absolute atomic E-state index is 0.118. The Bertz CT molecular complexity index is 1360. The van der Waals surface area contributed by atoms with E-state index >= 15 is 0 Å². The number of aryl methyl sites for hydroxylation is 1. The van der Waals surface area contributed by atoms with E-state index in [0.29, 0.717) is 60.2 Å². The van der Waals surface area contributed by atoms with Crippen molar-refractivity contribution in [2.75, 3.05) is 46.4 Å². The van der Waals surface area contributed by atoms with Crippen molar-refractivity contribution in [3.63, 3.8) is 0 Å². The number of benzene rings is 1. The molecule has 1 aliphatic carbocycles. The number of fused-ring (bicyclic) bond motifs is 3. The topological polar surface area (TPSA) is 124 Å². The van der Waals surface area contributed by atoms with Crippen molar-refractivity contribution in [3.8, 4) is 28.4 Å². The van der Waals surface area contributed by atoms with Gasteiger partial charge in [0.25, 0.3) is 0 Å². The molecule has 4 rings (SSSR count). The van der Waals surface area contributed by atoms with Crippen LogP contribution in [0.2, 0.25) is 0 Å². The Hall–Kier alpha value is -3.79. The summed E-state index contributed by atoms with van der Waals surface area (Å²) in [5, 5.41) is 9.40. The number of carbonyl (C=O) groups is 2. The molecule has 1 aliphatic heterocycles. The Balaban J connectivity index is 1.77. The average Bonchev–Trinajstić information content (AvgIpc) is 3.25. The van der Waals surface area contributed by atoms with Gasteiger partial charge in [-0.1, -0.05) is 25.8 Å². The number of rotatable bonds is 12. The average molecular weight is 596 g/mol. The molecule has 1 saturated heterocycles. The predicted molar refractivity (Wildman–Crippen MR) is 166 cm³/mol. The SMILES string of the molecule is CCCCC(Nc1ccc2c(cc1=O)[C@@H](NC(C)=O)CCc1cc(OC)c(OC)c(OC)c1-2)C(=O)NCC1CCOCC1. The van der Waals surface area contributed by atoms with Crippen LogP contribution in [0.3, 0.4) is 0 Å². The van der Waals surface area contributed by atoms with Gasteiger partial charge in [-0.3, -0.25) is 14.4 Å². The van der Waals surface area contributed by atoms with Gasteiger partial charge >= 0.3 is 0 Å². The molecule has 1 heterocycles. The summed E-state index contributed by atoms with van der Waals surface area (Å²) in [5.41, 5.74) is 3.19. The van der Waals surface area contributed by atoms with Gasteiger partial charge in [0, 0.05) is 32.2 Å². The van der Waals surface area contributed by atoms with Crippen molar-refractivity contribution in [2.45, 2.75) is 70.9 Å². The van der Waals surface area contributed by atoms with Crippen LogP contribution in [0.15, 0.2) is 29.1 Å². The molecule has 2 amide bonds. The van der Waals surface area contributed by atoms with E-state index in [1.807, 2.05) is 12.1 Å². The fourth-order valence-corrected chi connectivity index (χ4v) is 6.01. The largest absolute Gasteiger partial charge is 0.493 e. The quantitative estimate of drug-likeness (QED) is 0.330. The van der Waals surface area contributed by atoms with Gasteiger partial charge in [0.15, 0.2) is 11.5 Å². The molecule has 2 aromatic rings. The van der Waals surface area contributed by atoms with Gasteiger partial charge < -0.3 is 34.9 Å². The van der Waals surface area contributed by atoms with E-state index in [1.54, 1.807) is 33.5 Å². The molecule has 0 saturated carbocycles. The smallest absolute Gasteiger partial charge is 0.242 e. The summed E-state index contributed by atoms with van der Waals surface area (Å²) in [4.78, 5) is 39.3. The van der Waals surface area contributed by atoms with E-state index in [0.717, 1.165) is 55.6 Å². The highest BCUT2D eigenvalue weighted by Gasteiger charge is 2.30. The van der Waals surface area contributed by atoms with E-state index < -0.39 is 12.1 Å². The highest BCUT2D eigenvalue weighted by Crippen LogP contribution is 2.50. The summed E-state index contributed by atoms with van der Waals surface area (Å²) in [5.74, 6) is 1.55. The Labute approximate surface area is 253 Å². The first-order valence-corrected chi connectivity index (χ1v) is 15.2. The lowest BCUT2D eigenvalue weighted by Crippen LogP contribution is -2.43. The minimum Gasteiger partial charge on any atom is -0.493 e. The highest BCUT2D eigenvalue weighted by atomic mass is 16.5. The first kappa shape index (κ1) is 32.1. The summed E-state index contributed by atoms with van der Waals surface area (Å²) in [6.07, 6.45) is 5.38. The number of hydrogen-bond donors (Lipinski definition) is 3. The second-order valence-corrected chi connectivity index (χ2v) is 11.2. The Kier molecular flexibility index (Phi) is 11.3. The van der Waals surface area contributed by atoms with Crippen LogP contribution in [0.5, 0.6) is 17.2 Å². The van der Waals surface area contributed by atoms with E-state index in [-0.39, 0.29) is 17.2 Å². The van der Waals surface area contributed by atoms with Gasteiger partial charge in [-0.15, -0.1) is 0 Å². The standard InChI is InChI=1S/C33H45N3O7/c1-6-7-8-27(33(39)34-19-21-13-15-43-16-14-21)36-26-12-10-23-24(18-28(26)38)25(35-20(2)37)11-9-22-17-29(40-3)31(41-4)32(42-5)30(22)23/h10,12,17-18,21,25,27H,6-9,11,13-16,19H2,1-5H3,(H,34,39)(H,35,37)(H,36,38)/t25-,27?/m0/s1. The molecule has 0 aromatic heterocycles. The zero-order chi connectivity index (χ0) is 30.9. The normalized spacial score (nSPS) is 17.0. The molecule has 234 valence electrons. The second kappa shape index (κ2) is 15.1. The molecule has 10 heteroatoms. The summed E-state index contributed by atoms with van der Waals surface area (Å²) < 4.78 is 22.6. The summed E-state index contributed by atoms with van der Waals surface area (Å²) in [7, 11) is 4.70. The maximum atomic E-state index is 13.8. The summed E-state index contributed by atoms with van der Waals surface area (Å²) >= 11 is 0. The van der Waals surface area contributed by atoms with Crippen LogP contribution in [0.1, 0.15) is 69.5 Å². The number of nitrogens with one attached hydrogen (secondary N) is 3. The zero-order valence-electron chi connectivity index (χ0n) is 26.0. The Morgan fingerprint density at radius 2 is 1.77 bits per heavy atom. The van der Waals surface area contributed by atoms with Gasteiger partial charge in [-0.25, -0.2) is 0 Å². The molecule has 2 aliphatic rings. The molecule has 0 radical (unpaired) electrons. The zero-order valence-corrected chi connectivity index (χ0v) is 26.0. The van der Waals surface area contributed by atoms with Crippen molar-refractivity contribution in [1.82, 2.24) is 10.6 Å². The lowest BCUT2D eigenvalue weighted by molar-refractivity contribution is -0.122. The van der Waals surface area contributed by atoms with Crippen LogP contribution >= 0.6 is 0 Å². The number of unbranched alkanes of at least 4 members (excludes halogenated alkanes) is 1. The molecule has 43 heavy (non-hydrogen) atoms. The molecule has 3 N–H and O–H groups in total. The van der Waals surface area contributed by atoms with E-state index in [2.05, 4.69) is 22.9 Å². The third-order valence-corrected chi connectivity index (χ3v) is 8.31. The maximum absolute atomic E-state index is 13.8. The van der Waals surface area contributed by atoms with E-state index in [4.69, 9.17) is 18.9 Å². The number of hydrogen-bond acceptors (Lipinski definition) is 8. The van der Waals surface area contributed by atoms with Crippen molar-refractivity contribution >= 4 is 17.5 Å². The second-order valence-electron chi connectivity index (χ2n) is 11.2. The maximum Gasteiger partial charge on any atom is 0.242 e. The van der Waals surface area contributed by atoms with Crippen molar-refractivity contribution < 1.29 is 28.5 Å². The fourth-order valence-electron chi connectivity index (χ4n) is 6.01. The highest BCUT2D eigenvalue weighted by molar-refractivity contribution is 5.86. The Morgan fingerprint density at radius 1 is 1.02 bits per heavy atom. The monoisotopic (exact) mass is 595 g/mol. The van der Waals surface area contributed by atoms with Crippen LogP contribution < -0.4 is 35.6 Å². The number of amides is 2. The van der Waals surface area contributed by atoms with E-state index in [9.17, 15) is 14.4 Å². The third kappa shape index (κ3) is 7.60. The van der Waals surface area contributed by atoms with E-state index in [1.165, 1.54) is 6.92 Å². The fraction of sp³-hybridized carbons (Fsp3) is 0.545. The van der Waals surface area contributed by atoms with Crippen molar-refractivity contribution in [1.29, 1.82) is 0 Å². The predicted octanol–water partition coefficient (Wildman–Crippen LogP) is 4.38. The van der Waals surface area contributed by atoms with Crippen LogP contribution in [0, 0.1) is 5.92 Å². The molecule has 2 atom stereocenters. The molecule has 0 bridgehead atoms. The van der Waals surface area contributed by atoms with Gasteiger partial charge in [0.05, 0.1) is 33.1 Å². The van der Waals surface area contributed by atoms with Gasteiger partial charge in [-0.05, 0) is 72.9 Å². The van der Waals surface area contributed by atoms with Crippen LogP contribution in [0.4, 0.5) is 5.69 Å². The van der Waals surface area contributed by atoms with Gasteiger partial charge in [0.2, 0.25) is 23.0 Å². The third-order valence-electron chi connectivity index (χ3n) is 8.31. The first-order valence-electron chi connectivity index (χ1n) is 15.2. The molecule has 1 unspecified atom stereocenters. The number of methoxy groups -OCH3 is 3. The molecule has 0 spiro atoms. The molecule has 1 fully saturated rings. The number of carbonyl (C=O) groups excluding carboxylic acids is 2. The van der Waals surface area contributed by atoms with Gasteiger partial charge in [0.1, 0.15) is 6.04 Å². The lowest BCUT2D eigenvalue weighted by atomic mass is 9.95. The molecule has 2 aromatic carbocycles. The molecular formula is C33H45N3O7. The lowest BCUT2D eigenvalue weighted by Gasteiger charge is -2.24. The Morgan fingerprint density at radius 3 is 2.42 bits per heavy atom. The summed E-state index contributed by atoms with van der Waals surface area (Å²) in [6.45, 7) is 5.57. The number of anilines is 1. The van der Waals surface area contributed by atoms with Crippen LogP contribution in [0.25, 0.3) is 11.1 Å². The molecular weight excluding hydrogens is 550 g/mol. The van der Waals surface area contributed by atoms with Gasteiger partial charge in [-0.2, -0.15) is 0 Å². The minimum atomic E-state index is -0.563. The van der Waals surface area contributed by atoms with Crippen LogP contribution in [-0.2, 0) is 20.7 Å². The van der Waals surface area contributed by atoms with Crippen molar-refractivity contribution in [3.05, 3.63) is 45.6 Å². The molecule has 10 nitrogen and oxygen atoms in total. The van der Waals surface area contributed by atoms with Crippen molar-refractivity contribution in [2.24, 2.45) is 5.92 Å².